The Hall–Kier alpha value is -1.55. The molecular weight excluding hydrogens is 218 g/mol. The first-order valence-corrected chi connectivity index (χ1v) is 5.52. The molecule has 0 heterocycles. The molecule has 1 aromatic rings. The lowest BCUT2D eigenvalue weighted by Crippen LogP contribution is -2.35. The number of carbonyl (C=O) groups is 1. The van der Waals surface area contributed by atoms with E-state index in [0.717, 1.165) is 16.9 Å². The summed E-state index contributed by atoms with van der Waals surface area (Å²) in [6.45, 7) is 4.26. The highest BCUT2D eigenvalue weighted by Gasteiger charge is 2.16. The topological polar surface area (TPSA) is 49.8 Å². The van der Waals surface area contributed by atoms with Crippen molar-refractivity contribution in [1.29, 1.82) is 0 Å². The van der Waals surface area contributed by atoms with Gasteiger partial charge in [0.15, 0.2) is 0 Å². The maximum Gasteiger partial charge on any atom is 0.320 e. The Kier molecular flexibility index (Phi) is 4.52. The van der Waals surface area contributed by atoms with Gasteiger partial charge in [0, 0.05) is 6.54 Å². The van der Waals surface area contributed by atoms with E-state index in [0.29, 0.717) is 6.54 Å². The average Bonchev–Trinajstić information content (AvgIpc) is 2.28. The van der Waals surface area contributed by atoms with Crippen LogP contribution in [0.15, 0.2) is 18.2 Å². The molecule has 4 nitrogen and oxygen atoms in total. The predicted molar refractivity (Wildman–Crippen MR) is 66.3 cm³/mol. The fourth-order valence-electron chi connectivity index (χ4n) is 1.65. The summed E-state index contributed by atoms with van der Waals surface area (Å²) in [6.07, 6.45) is 0. The molecule has 0 spiro atoms. The second-order valence-electron chi connectivity index (χ2n) is 4.23. The van der Waals surface area contributed by atoms with E-state index >= 15 is 0 Å². The van der Waals surface area contributed by atoms with E-state index < -0.39 is 12.0 Å². The highest BCUT2D eigenvalue weighted by atomic mass is 16.5. The molecule has 94 valence electrons. The second kappa shape index (κ2) is 5.68. The van der Waals surface area contributed by atoms with E-state index in [1.165, 1.54) is 0 Å². The van der Waals surface area contributed by atoms with Gasteiger partial charge in [0.1, 0.15) is 11.8 Å². The molecule has 0 aromatic heterocycles. The summed E-state index contributed by atoms with van der Waals surface area (Å²) in [5.41, 5.74) is 2.14. The summed E-state index contributed by atoms with van der Waals surface area (Å²) in [7, 11) is 3.44. The quantitative estimate of drug-likeness (QED) is 0.850. The Morgan fingerprint density at radius 1 is 1.53 bits per heavy atom. The number of aliphatic carboxylic acids is 1. The lowest BCUT2D eigenvalue weighted by Gasteiger charge is -2.21. The number of ether oxygens (including phenoxy) is 1. The summed E-state index contributed by atoms with van der Waals surface area (Å²) in [6, 6.07) is 5.39. The van der Waals surface area contributed by atoms with Gasteiger partial charge in [0.05, 0.1) is 7.11 Å². The minimum atomic E-state index is -0.808. The minimum absolute atomic E-state index is 0.489. The van der Waals surface area contributed by atoms with Gasteiger partial charge in [-0.15, -0.1) is 0 Å². The van der Waals surface area contributed by atoms with E-state index in [2.05, 4.69) is 0 Å². The van der Waals surface area contributed by atoms with Gasteiger partial charge in [-0.25, -0.2) is 0 Å². The number of benzene rings is 1. The molecular formula is C13H19NO3. The Morgan fingerprint density at radius 2 is 2.18 bits per heavy atom. The molecule has 0 saturated carbocycles. The number of hydrogen-bond acceptors (Lipinski definition) is 3. The van der Waals surface area contributed by atoms with Crippen LogP contribution >= 0.6 is 0 Å². The number of carboxylic acids is 1. The fraction of sp³-hybridized carbons (Fsp3) is 0.462. The molecule has 1 atom stereocenters. The molecule has 0 aliphatic rings. The molecule has 1 rings (SSSR count). The average molecular weight is 237 g/mol. The SMILES string of the molecule is COc1ccc(CN(C)C(C)C(=O)O)cc1C. The maximum absolute atomic E-state index is 10.8. The van der Waals surface area contributed by atoms with Crippen LogP contribution in [-0.4, -0.2) is 36.2 Å². The monoisotopic (exact) mass is 237 g/mol. The molecule has 0 aliphatic carbocycles. The van der Waals surface area contributed by atoms with Crippen molar-refractivity contribution in [3.8, 4) is 5.75 Å². The van der Waals surface area contributed by atoms with Gasteiger partial charge < -0.3 is 9.84 Å². The van der Waals surface area contributed by atoms with Gasteiger partial charge in [-0.3, -0.25) is 9.69 Å². The zero-order valence-corrected chi connectivity index (χ0v) is 10.7. The molecule has 1 N–H and O–H groups in total. The summed E-state index contributed by atoms with van der Waals surface area (Å²) in [4.78, 5) is 12.6. The van der Waals surface area contributed by atoms with Crippen LogP contribution in [0.2, 0.25) is 0 Å². The summed E-state index contributed by atoms with van der Waals surface area (Å²) >= 11 is 0. The summed E-state index contributed by atoms with van der Waals surface area (Å²) in [5, 5.41) is 8.91. The lowest BCUT2D eigenvalue weighted by atomic mass is 10.1. The van der Waals surface area contributed by atoms with E-state index in [-0.39, 0.29) is 0 Å². The largest absolute Gasteiger partial charge is 0.496 e. The number of nitrogens with zero attached hydrogens (tertiary/aromatic N) is 1. The van der Waals surface area contributed by atoms with Crippen molar-refractivity contribution < 1.29 is 14.6 Å². The van der Waals surface area contributed by atoms with E-state index in [1.54, 1.807) is 26.0 Å². The zero-order valence-electron chi connectivity index (χ0n) is 10.7. The van der Waals surface area contributed by atoms with Crippen LogP contribution in [0.5, 0.6) is 5.75 Å². The van der Waals surface area contributed by atoms with Crippen molar-refractivity contribution in [2.75, 3.05) is 14.2 Å². The first-order valence-electron chi connectivity index (χ1n) is 5.52. The second-order valence-corrected chi connectivity index (χ2v) is 4.23. The first-order chi connectivity index (χ1) is 7.95. The number of rotatable bonds is 5. The third kappa shape index (κ3) is 3.46. The minimum Gasteiger partial charge on any atom is -0.496 e. The number of methoxy groups -OCH3 is 1. The van der Waals surface area contributed by atoms with Crippen LogP contribution in [0.1, 0.15) is 18.1 Å². The van der Waals surface area contributed by atoms with Crippen molar-refractivity contribution in [3.05, 3.63) is 29.3 Å². The maximum atomic E-state index is 10.8. The van der Waals surface area contributed by atoms with Crippen LogP contribution in [0, 0.1) is 6.92 Å². The van der Waals surface area contributed by atoms with Gasteiger partial charge in [-0.1, -0.05) is 12.1 Å². The van der Waals surface area contributed by atoms with Crippen molar-refractivity contribution in [2.45, 2.75) is 26.4 Å². The Balaban J connectivity index is 2.75. The van der Waals surface area contributed by atoms with Gasteiger partial charge in [-0.2, -0.15) is 0 Å². The molecule has 0 fully saturated rings. The number of carboxylic acid groups (broad SMARTS) is 1. The summed E-state index contributed by atoms with van der Waals surface area (Å²) < 4.78 is 5.18. The number of aryl methyl sites for hydroxylation is 1. The zero-order chi connectivity index (χ0) is 13.0. The molecule has 1 aromatic carbocycles. The van der Waals surface area contributed by atoms with Gasteiger partial charge >= 0.3 is 5.97 Å². The molecule has 0 bridgehead atoms. The highest BCUT2D eigenvalue weighted by molar-refractivity contribution is 5.72. The third-order valence-corrected chi connectivity index (χ3v) is 2.91. The van der Waals surface area contributed by atoms with E-state index in [1.807, 2.05) is 25.1 Å². The number of likely N-dealkylation sites (N-methyl/N-ethyl adjacent to an activating group) is 1. The molecule has 4 heteroatoms. The Labute approximate surface area is 102 Å². The van der Waals surface area contributed by atoms with Crippen molar-refractivity contribution in [1.82, 2.24) is 4.90 Å². The van der Waals surface area contributed by atoms with Crippen LogP contribution in [0.4, 0.5) is 0 Å². The van der Waals surface area contributed by atoms with Crippen LogP contribution in [0.25, 0.3) is 0 Å². The molecule has 17 heavy (non-hydrogen) atoms. The smallest absolute Gasteiger partial charge is 0.320 e. The predicted octanol–water partition coefficient (Wildman–Crippen LogP) is 1.91. The molecule has 0 amide bonds. The summed E-state index contributed by atoms with van der Waals surface area (Å²) in [5.74, 6) is 0.0421. The van der Waals surface area contributed by atoms with Gasteiger partial charge in [0.25, 0.3) is 0 Å². The number of hydrogen-bond donors (Lipinski definition) is 1. The van der Waals surface area contributed by atoms with Crippen LogP contribution < -0.4 is 4.74 Å². The van der Waals surface area contributed by atoms with Gasteiger partial charge in [0.2, 0.25) is 0 Å². The fourth-order valence-corrected chi connectivity index (χ4v) is 1.65. The van der Waals surface area contributed by atoms with Crippen molar-refractivity contribution >= 4 is 5.97 Å². The van der Waals surface area contributed by atoms with Crippen molar-refractivity contribution in [2.24, 2.45) is 0 Å². The highest BCUT2D eigenvalue weighted by Crippen LogP contribution is 2.19. The standard InChI is InChI=1S/C13H19NO3/c1-9-7-11(5-6-12(9)17-4)8-14(3)10(2)13(15)16/h5-7,10H,8H2,1-4H3,(H,15,16). The molecule has 0 aliphatic heterocycles. The Morgan fingerprint density at radius 3 is 2.65 bits per heavy atom. The molecule has 0 saturated heterocycles. The van der Waals surface area contributed by atoms with Crippen molar-refractivity contribution in [3.63, 3.8) is 0 Å². The van der Waals surface area contributed by atoms with Crippen LogP contribution in [0.3, 0.4) is 0 Å². The van der Waals surface area contributed by atoms with E-state index in [4.69, 9.17) is 9.84 Å². The lowest BCUT2D eigenvalue weighted by molar-refractivity contribution is -0.142. The third-order valence-electron chi connectivity index (χ3n) is 2.91. The van der Waals surface area contributed by atoms with Gasteiger partial charge in [-0.05, 0) is 38.1 Å². The molecule has 0 radical (unpaired) electrons. The normalized spacial score (nSPS) is 12.5. The van der Waals surface area contributed by atoms with E-state index in [9.17, 15) is 4.79 Å². The molecule has 1 unspecified atom stereocenters. The first kappa shape index (κ1) is 13.5. The Bertz CT molecular complexity index is 404. The van der Waals surface area contributed by atoms with Crippen LogP contribution in [-0.2, 0) is 11.3 Å².